The van der Waals surface area contributed by atoms with E-state index in [0.29, 0.717) is 0 Å². The Balaban J connectivity index is 3.03. The van der Waals surface area contributed by atoms with E-state index in [0.717, 1.165) is 17.5 Å². The molecule has 0 bridgehead atoms. The molecule has 0 aromatic heterocycles. The van der Waals surface area contributed by atoms with E-state index in [-0.39, 0.29) is 6.04 Å². The normalized spacial score (nSPS) is 14.6. The minimum atomic E-state index is -3.12. The summed E-state index contributed by atoms with van der Waals surface area (Å²) in [4.78, 5) is 0. The second kappa shape index (κ2) is 4.78. The molecular formula is C13H21NO2S. The molecule has 0 saturated carbocycles. The van der Waals surface area contributed by atoms with Crippen LogP contribution in [0.2, 0.25) is 0 Å². The first kappa shape index (κ1) is 14.2. The predicted octanol–water partition coefficient (Wildman–Crippen LogP) is 1.86. The van der Waals surface area contributed by atoms with E-state index in [1.165, 1.54) is 6.26 Å². The number of hydrogen-bond donors (Lipinski definition) is 1. The van der Waals surface area contributed by atoms with Gasteiger partial charge in [-0.1, -0.05) is 24.3 Å². The van der Waals surface area contributed by atoms with E-state index in [4.69, 9.17) is 5.73 Å². The summed E-state index contributed by atoms with van der Waals surface area (Å²) in [5.41, 5.74) is 7.67. The average molecular weight is 255 g/mol. The van der Waals surface area contributed by atoms with Crippen LogP contribution in [-0.2, 0) is 21.0 Å². The third-order valence-electron chi connectivity index (χ3n) is 3.13. The molecule has 0 fully saturated rings. The van der Waals surface area contributed by atoms with E-state index in [1.54, 1.807) is 13.8 Å². The highest BCUT2D eigenvalue weighted by molar-refractivity contribution is 7.91. The van der Waals surface area contributed by atoms with Crippen molar-refractivity contribution in [3.8, 4) is 0 Å². The molecule has 1 aromatic carbocycles. The van der Waals surface area contributed by atoms with Gasteiger partial charge in [0.2, 0.25) is 0 Å². The summed E-state index contributed by atoms with van der Waals surface area (Å²) in [5, 5.41) is 0. The Hall–Kier alpha value is -0.870. The van der Waals surface area contributed by atoms with Crippen molar-refractivity contribution >= 4 is 9.84 Å². The Morgan fingerprint density at radius 2 is 1.71 bits per heavy atom. The fourth-order valence-corrected chi connectivity index (χ4v) is 2.19. The Morgan fingerprint density at radius 3 is 2.06 bits per heavy atom. The van der Waals surface area contributed by atoms with Crippen LogP contribution in [0.5, 0.6) is 0 Å². The zero-order chi connectivity index (χ0) is 13.3. The Labute approximate surface area is 104 Å². The quantitative estimate of drug-likeness (QED) is 0.893. The van der Waals surface area contributed by atoms with Gasteiger partial charge < -0.3 is 5.73 Å². The summed E-state index contributed by atoms with van der Waals surface area (Å²) >= 11 is 0. The minimum absolute atomic E-state index is 0.115. The van der Waals surface area contributed by atoms with Crippen LogP contribution in [0.3, 0.4) is 0 Å². The van der Waals surface area contributed by atoms with Gasteiger partial charge >= 0.3 is 0 Å². The van der Waals surface area contributed by atoms with Gasteiger partial charge in [-0.15, -0.1) is 0 Å². The van der Waals surface area contributed by atoms with Gasteiger partial charge in [-0.3, -0.25) is 0 Å². The fraction of sp³-hybridized carbons (Fsp3) is 0.538. The lowest BCUT2D eigenvalue weighted by atomic mass is 9.99. The lowest BCUT2D eigenvalue weighted by Crippen LogP contribution is -2.28. The molecule has 3 nitrogen and oxygen atoms in total. The molecule has 96 valence electrons. The second-order valence-electron chi connectivity index (χ2n) is 5.16. The molecule has 0 aliphatic heterocycles. The molecular weight excluding hydrogens is 234 g/mol. The lowest BCUT2D eigenvalue weighted by Gasteiger charge is -2.23. The van der Waals surface area contributed by atoms with Gasteiger partial charge in [-0.2, -0.15) is 0 Å². The number of hydrogen-bond acceptors (Lipinski definition) is 3. The summed E-state index contributed by atoms with van der Waals surface area (Å²) in [6.07, 6.45) is 2.07. The Kier molecular flexibility index (Phi) is 3.99. The third kappa shape index (κ3) is 3.30. The number of rotatable bonds is 4. The molecule has 2 N–H and O–H groups in total. The molecule has 1 atom stereocenters. The molecule has 1 rings (SSSR count). The molecule has 0 amide bonds. The topological polar surface area (TPSA) is 60.2 Å². The van der Waals surface area contributed by atoms with Gasteiger partial charge in [-0.05, 0) is 38.3 Å². The molecule has 4 heteroatoms. The van der Waals surface area contributed by atoms with Crippen LogP contribution < -0.4 is 5.73 Å². The zero-order valence-electron chi connectivity index (χ0n) is 10.9. The molecule has 0 heterocycles. The summed E-state index contributed by atoms with van der Waals surface area (Å²) in [5.74, 6) is 0. The lowest BCUT2D eigenvalue weighted by molar-refractivity contribution is 0.561. The second-order valence-corrected chi connectivity index (χ2v) is 7.73. The zero-order valence-corrected chi connectivity index (χ0v) is 11.7. The van der Waals surface area contributed by atoms with E-state index >= 15 is 0 Å². The van der Waals surface area contributed by atoms with Crippen LogP contribution >= 0.6 is 0 Å². The predicted molar refractivity (Wildman–Crippen MR) is 71.7 cm³/mol. The van der Waals surface area contributed by atoms with Crippen molar-refractivity contribution in [3.63, 3.8) is 0 Å². The summed E-state index contributed by atoms with van der Waals surface area (Å²) in [6.45, 7) is 5.40. The summed E-state index contributed by atoms with van der Waals surface area (Å²) < 4.78 is 22.5. The summed E-state index contributed by atoms with van der Waals surface area (Å²) in [7, 11) is -3.12. The molecule has 0 radical (unpaired) electrons. The highest BCUT2D eigenvalue weighted by atomic mass is 32.2. The van der Waals surface area contributed by atoms with E-state index in [2.05, 4.69) is 0 Å². The highest BCUT2D eigenvalue weighted by Gasteiger charge is 2.31. The van der Waals surface area contributed by atoms with E-state index < -0.39 is 14.6 Å². The van der Waals surface area contributed by atoms with Crippen molar-refractivity contribution in [2.75, 3.05) is 6.26 Å². The van der Waals surface area contributed by atoms with Crippen molar-refractivity contribution in [2.45, 2.75) is 38.0 Å². The number of sulfone groups is 1. The van der Waals surface area contributed by atoms with Gasteiger partial charge in [0.1, 0.15) is 0 Å². The van der Waals surface area contributed by atoms with Crippen LogP contribution in [0.1, 0.15) is 31.9 Å². The first-order valence-corrected chi connectivity index (χ1v) is 7.58. The molecule has 1 aromatic rings. The van der Waals surface area contributed by atoms with Crippen molar-refractivity contribution in [1.29, 1.82) is 0 Å². The van der Waals surface area contributed by atoms with Gasteiger partial charge in [0.15, 0.2) is 9.84 Å². The first-order valence-electron chi connectivity index (χ1n) is 5.69. The van der Waals surface area contributed by atoms with Crippen LogP contribution in [0.4, 0.5) is 0 Å². The molecule has 17 heavy (non-hydrogen) atoms. The highest BCUT2D eigenvalue weighted by Crippen LogP contribution is 2.28. The van der Waals surface area contributed by atoms with Crippen molar-refractivity contribution in [3.05, 3.63) is 35.4 Å². The first-order chi connectivity index (χ1) is 7.64. The van der Waals surface area contributed by atoms with Crippen molar-refractivity contribution < 1.29 is 8.42 Å². The maximum absolute atomic E-state index is 11.7. The molecule has 0 spiro atoms. The van der Waals surface area contributed by atoms with E-state index in [1.807, 2.05) is 31.2 Å². The molecule has 0 aliphatic carbocycles. The minimum Gasteiger partial charge on any atom is -0.328 e. The van der Waals surface area contributed by atoms with Gasteiger partial charge in [0.05, 0.1) is 4.75 Å². The fourth-order valence-electron chi connectivity index (χ4n) is 1.63. The van der Waals surface area contributed by atoms with Gasteiger partial charge in [-0.25, -0.2) is 8.42 Å². The van der Waals surface area contributed by atoms with E-state index in [9.17, 15) is 8.42 Å². The Bertz CT molecular complexity index is 473. The number of nitrogens with two attached hydrogens (primary N) is 1. The SMILES string of the molecule is CC(N)Cc1ccc(C(C)(C)S(C)(=O)=O)cc1. The Morgan fingerprint density at radius 1 is 1.24 bits per heavy atom. The summed E-state index contributed by atoms with van der Waals surface area (Å²) in [6, 6.07) is 7.76. The van der Waals surface area contributed by atoms with Gasteiger partial charge in [0, 0.05) is 12.3 Å². The van der Waals surface area contributed by atoms with Crippen LogP contribution in [-0.4, -0.2) is 20.7 Å². The smallest absolute Gasteiger partial charge is 0.156 e. The monoisotopic (exact) mass is 255 g/mol. The number of benzene rings is 1. The average Bonchev–Trinajstić information content (AvgIpc) is 2.15. The van der Waals surface area contributed by atoms with Crippen LogP contribution in [0.25, 0.3) is 0 Å². The van der Waals surface area contributed by atoms with Crippen molar-refractivity contribution in [2.24, 2.45) is 5.73 Å². The maximum Gasteiger partial charge on any atom is 0.156 e. The maximum atomic E-state index is 11.7. The van der Waals surface area contributed by atoms with Crippen LogP contribution in [0.15, 0.2) is 24.3 Å². The largest absolute Gasteiger partial charge is 0.328 e. The molecule has 1 unspecified atom stereocenters. The standard InChI is InChI=1S/C13H21NO2S/c1-10(14)9-11-5-7-12(8-6-11)13(2,3)17(4,15)16/h5-8,10H,9,14H2,1-4H3. The van der Waals surface area contributed by atoms with Gasteiger partial charge in [0.25, 0.3) is 0 Å². The third-order valence-corrected chi connectivity index (χ3v) is 5.22. The molecule has 0 saturated heterocycles. The molecule has 0 aliphatic rings. The van der Waals surface area contributed by atoms with Crippen molar-refractivity contribution in [1.82, 2.24) is 0 Å². The van der Waals surface area contributed by atoms with Crippen LogP contribution in [0, 0.1) is 0 Å².